The van der Waals surface area contributed by atoms with Crippen molar-refractivity contribution in [1.82, 2.24) is 0 Å². The third kappa shape index (κ3) is 3.40. The number of fused-ring (bicyclic) bond motifs is 1. The van der Waals surface area contributed by atoms with E-state index in [1.807, 2.05) is 0 Å². The Bertz CT molecular complexity index is 578. The quantitative estimate of drug-likeness (QED) is 0.918. The fourth-order valence-electron chi connectivity index (χ4n) is 2.28. The SMILES string of the molecule is CC(C)CC1CN=C(Nc2ccc3c(c2)OC(F)(F)O3)S1. The van der Waals surface area contributed by atoms with Crippen molar-refractivity contribution in [3.8, 4) is 11.5 Å². The maximum atomic E-state index is 13.0. The average Bonchev–Trinajstić information content (AvgIpc) is 2.90. The maximum Gasteiger partial charge on any atom is 0.586 e. The lowest BCUT2D eigenvalue weighted by Crippen LogP contribution is -2.25. The lowest BCUT2D eigenvalue weighted by Gasteiger charge is -2.11. The van der Waals surface area contributed by atoms with Crippen LogP contribution in [0.15, 0.2) is 23.2 Å². The van der Waals surface area contributed by atoms with Crippen molar-refractivity contribution in [2.75, 3.05) is 11.9 Å². The van der Waals surface area contributed by atoms with Crippen molar-refractivity contribution in [2.45, 2.75) is 31.8 Å². The number of alkyl halides is 2. The van der Waals surface area contributed by atoms with Crippen molar-refractivity contribution in [1.29, 1.82) is 0 Å². The Morgan fingerprint density at radius 2 is 2.14 bits per heavy atom. The number of ether oxygens (including phenoxy) is 2. The van der Waals surface area contributed by atoms with Crippen LogP contribution in [0.4, 0.5) is 14.5 Å². The number of anilines is 1. The number of nitrogens with zero attached hydrogens (tertiary/aromatic N) is 1. The molecule has 2 aliphatic rings. The largest absolute Gasteiger partial charge is 0.586 e. The van der Waals surface area contributed by atoms with Gasteiger partial charge in [0.05, 0.1) is 6.54 Å². The first-order valence-corrected chi connectivity index (χ1v) is 7.67. The van der Waals surface area contributed by atoms with Gasteiger partial charge in [-0.1, -0.05) is 25.6 Å². The summed E-state index contributed by atoms with van der Waals surface area (Å²) >= 11 is 1.69. The minimum Gasteiger partial charge on any atom is -0.395 e. The van der Waals surface area contributed by atoms with E-state index in [9.17, 15) is 8.78 Å². The summed E-state index contributed by atoms with van der Waals surface area (Å²) < 4.78 is 34.7. The zero-order valence-corrected chi connectivity index (χ0v) is 12.5. The molecule has 1 aromatic rings. The van der Waals surface area contributed by atoms with E-state index < -0.39 is 6.29 Å². The van der Waals surface area contributed by atoms with Gasteiger partial charge in [0.25, 0.3) is 0 Å². The number of halogens is 2. The zero-order chi connectivity index (χ0) is 15.0. The molecular weight excluding hydrogens is 298 g/mol. The molecule has 0 bridgehead atoms. The molecule has 0 saturated carbocycles. The van der Waals surface area contributed by atoms with Crippen LogP contribution in [0.2, 0.25) is 0 Å². The van der Waals surface area contributed by atoms with Crippen molar-refractivity contribution in [2.24, 2.45) is 10.9 Å². The Hall–Kier alpha value is -1.50. The number of rotatable bonds is 3. The second kappa shape index (κ2) is 5.36. The number of hydrogen-bond acceptors (Lipinski definition) is 5. The van der Waals surface area contributed by atoms with Crippen molar-refractivity contribution >= 4 is 22.6 Å². The number of amidine groups is 1. The van der Waals surface area contributed by atoms with Gasteiger partial charge in [0.1, 0.15) is 0 Å². The first kappa shape index (κ1) is 14.4. The van der Waals surface area contributed by atoms with Crippen molar-refractivity contribution in [3.63, 3.8) is 0 Å². The predicted molar refractivity (Wildman–Crippen MR) is 79.4 cm³/mol. The monoisotopic (exact) mass is 314 g/mol. The molecule has 0 spiro atoms. The van der Waals surface area contributed by atoms with Gasteiger partial charge in [0.15, 0.2) is 16.7 Å². The molecule has 0 fully saturated rings. The summed E-state index contributed by atoms with van der Waals surface area (Å²) in [6, 6.07) is 4.63. The first-order valence-electron chi connectivity index (χ1n) is 6.79. The van der Waals surface area contributed by atoms with Gasteiger partial charge >= 0.3 is 6.29 Å². The van der Waals surface area contributed by atoms with Crippen LogP contribution in [0, 0.1) is 5.92 Å². The highest BCUT2D eigenvalue weighted by atomic mass is 32.2. The molecule has 0 aliphatic carbocycles. The first-order chi connectivity index (χ1) is 9.91. The molecule has 2 aliphatic heterocycles. The second-order valence-electron chi connectivity index (χ2n) is 5.47. The van der Waals surface area contributed by atoms with Gasteiger partial charge in [-0.3, -0.25) is 4.99 Å². The Morgan fingerprint density at radius 3 is 2.90 bits per heavy atom. The second-order valence-corrected chi connectivity index (χ2v) is 6.76. The Labute approximate surface area is 125 Å². The summed E-state index contributed by atoms with van der Waals surface area (Å²) in [7, 11) is 0. The lowest BCUT2D eigenvalue weighted by molar-refractivity contribution is -0.286. The van der Waals surface area contributed by atoms with E-state index in [0.717, 1.165) is 18.1 Å². The van der Waals surface area contributed by atoms with E-state index >= 15 is 0 Å². The molecule has 3 rings (SSSR count). The molecule has 4 nitrogen and oxygen atoms in total. The Balaban J connectivity index is 1.63. The molecule has 1 atom stereocenters. The molecule has 1 N–H and O–H groups in total. The van der Waals surface area contributed by atoms with Gasteiger partial charge in [0.2, 0.25) is 0 Å². The molecule has 21 heavy (non-hydrogen) atoms. The fourth-order valence-corrected chi connectivity index (χ4v) is 3.56. The van der Waals surface area contributed by atoms with Gasteiger partial charge in [-0.15, -0.1) is 8.78 Å². The number of nitrogens with one attached hydrogen (secondary N) is 1. The highest BCUT2D eigenvalue weighted by Gasteiger charge is 2.43. The van der Waals surface area contributed by atoms with Crippen molar-refractivity contribution < 1.29 is 18.3 Å². The average molecular weight is 314 g/mol. The highest BCUT2D eigenvalue weighted by Crippen LogP contribution is 2.42. The van der Waals surface area contributed by atoms with Crippen LogP contribution >= 0.6 is 11.8 Å². The molecule has 1 aromatic carbocycles. The molecule has 2 heterocycles. The van der Waals surface area contributed by atoms with E-state index in [2.05, 4.69) is 33.6 Å². The molecule has 0 aromatic heterocycles. The van der Waals surface area contributed by atoms with Gasteiger partial charge in [-0.2, -0.15) is 0 Å². The van der Waals surface area contributed by atoms with Gasteiger partial charge in [0, 0.05) is 17.0 Å². The summed E-state index contributed by atoms with van der Waals surface area (Å²) in [4.78, 5) is 4.44. The molecule has 1 unspecified atom stereocenters. The van der Waals surface area contributed by atoms with Crippen molar-refractivity contribution in [3.05, 3.63) is 18.2 Å². The number of hydrogen-bond donors (Lipinski definition) is 1. The van der Waals surface area contributed by atoms with Gasteiger partial charge < -0.3 is 14.8 Å². The van der Waals surface area contributed by atoms with E-state index in [1.54, 1.807) is 17.8 Å². The van der Waals surface area contributed by atoms with Crippen LogP contribution in [0.25, 0.3) is 0 Å². The van der Waals surface area contributed by atoms with Crippen LogP contribution in [0.3, 0.4) is 0 Å². The van der Waals surface area contributed by atoms with Crippen LogP contribution in [-0.4, -0.2) is 23.3 Å². The molecule has 0 saturated heterocycles. The fraction of sp³-hybridized carbons (Fsp3) is 0.500. The summed E-state index contributed by atoms with van der Waals surface area (Å²) in [5, 5.41) is 4.42. The van der Waals surface area contributed by atoms with E-state index in [0.29, 0.717) is 16.9 Å². The molecule has 114 valence electrons. The number of thioether (sulfide) groups is 1. The summed E-state index contributed by atoms with van der Waals surface area (Å²) in [5.74, 6) is 0.710. The van der Waals surface area contributed by atoms with Crippen LogP contribution in [-0.2, 0) is 0 Å². The molecular formula is C14H16F2N2O2S. The summed E-state index contributed by atoms with van der Waals surface area (Å²) in [5.41, 5.74) is 0.659. The van der Waals surface area contributed by atoms with Gasteiger partial charge in [-0.25, -0.2) is 0 Å². The maximum absolute atomic E-state index is 13.0. The van der Waals surface area contributed by atoms with Gasteiger partial charge in [-0.05, 0) is 24.5 Å². The third-order valence-corrected chi connectivity index (χ3v) is 4.23. The molecule has 7 heteroatoms. The normalized spacial score (nSPS) is 22.5. The summed E-state index contributed by atoms with van der Waals surface area (Å²) in [6.07, 6.45) is -2.48. The highest BCUT2D eigenvalue weighted by molar-refractivity contribution is 8.15. The Morgan fingerprint density at radius 1 is 1.38 bits per heavy atom. The summed E-state index contributed by atoms with van der Waals surface area (Å²) in [6.45, 7) is 5.15. The smallest absolute Gasteiger partial charge is 0.395 e. The lowest BCUT2D eigenvalue weighted by atomic mass is 10.1. The number of aliphatic imine (C=N–C) groups is 1. The number of benzene rings is 1. The zero-order valence-electron chi connectivity index (χ0n) is 11.7. The Kier molecular flexibility index (Phi) is 3.69. The van der Waals surface area contributed by atoms with E-state index in [4.69, 9.17) is 0 Å². The molecule has 0 amide bonds. The minimum atomic E-state index is -3.58. The van der Waals surface area contributed by atoms with E-state index in [-0.39, 0.29) is 11.5 Å². The van der Waals surface area contributed by atoms with Crippen LogP contribution in [0.5, 0.6) is 11.5 Å². The van der Waals surface area contributed by atoms with E-state index in [1.165, 1.54) is 12.1 Å². The minimum absolute atomic E-state index is 0.0346. The van der Waals surface area contributed by atoms with Crippen LogP contribution in [0.1, 0.15) is 20.3 Å². The third-order valence-electron chi connectivity index (χ3n) is 3.10. The molecule has 0 radical (unpaired) electrons. The van der Waals surface area contributed by atoms with Crippen LogP contribution < -0.4 is 14.8 Å². The predicted octanol–water partition coefficient (Wildman–Crippen LogP) is 3.94. The standard InChI is InChI=1S/C14H16F2N2O2S/c1-8(2)5-10-7-17-13(21-10)18-9-3-4-11-12(6-9)20-14(15,16)19-11/h3-4,6,8,10H,5,7H2,1-2H3,(H,17,18). The topological polar surface area (TPSA) is 42.9 Å².